The summed E-state index contributed by atoms with van der Waals surface area (Å²) in [7, 11) is -4.34. The first-order valence-electron chi connectivity index (χ1n) is 10.1. The monoisotopic (exact) mass is 472 g/mol. The molecule has 2 N–H and O–H groups in total. The first-order valence-corrected chi connectivity index (χ1v) is 12.5. The van der Waals surface area contributed by atoms with Crippen LogP contribution in [0, 0.1) is 11.8 Å². The minimum atomic E-state index is -4.34. The molecule has 3 fully saturated rings. The van der Waals surface area contributed by atoms with Gasteiger partial charge in [0.1, 0.15) is 24.6 Å². The summed E-state index contributed by atoms with van der Waals surface area (Å²) in [4.78, 5) is 24.4. The third kappa shape index (κ3) is 3.86. The van der Waals surface area contributed by atoms with Crippen molar-refractivity contribution in [1.82, 2.24) is 0 Å². The highest BCUT2D eigenvalue weighted by Gasteiger charge is 2.71. The summed E-state index contributed by atoms with van der Waals surface area (Å²) in [5.41, 5.74) is -1.01. The van der Waals surface area contributed by atoms with Gasteiger partial charge in [0.15, 0.2) is 0 Å². The van der Waals surface area contributed by atoms with E-state index in [4.69, 9.17) is 18.8 Å². The Bertz CT molecular complexity index is 971. The maximum Gasteiger partial charge on any atom is 0.337 e. The van der Waals surface area contributed by atoms with Crippen LogP contribution in [-0.4, -0.2) is 64.9 Å². The third-order valence-electron chi connectivity index (χ3n) is 6.50. The van der Waals surface area contributed by atoms with Gasteiger partial charge in [-0.2, -0.15) is 8.42 Å². The summed E-state index contributed by atoms with van der Waals surface area (Å²) in [6.07, 6.45) is 0.0202. The zero-order valence-corrected chi connectivity index (χ0v) is 18.6. The smallest absolute Gasteiger partial charge is 0.337 e. The second-order valence-electron chi connectivity index (χ2n) is 8.03. The summed E-state index contributed by atoms with van der Waals surface area (Å²) in [5.74, 6) is -1.59. The van der Waals surface area contributed by atoms with Crippen molar-refractivity contribution < 1.29 is 41.9 Å². The lowest BCUT2D eigenvalue weighted by Gasteiger charge is -2.40. The number of fused-ring (bicyclic) bond motifs is 1. The van der Waals surface area contributed by atoms with Crippen molar-refractivity contribution in [2.24, 2.45) is 11.8 Å². The number of thioether (sulfide) groups is 1. The largest absolute Gasteiger partial charge is 0.458 e. The normalized spacial score (nSPS) is 31.7. The number of hydrogen-bond acceptors (Lipinski definition) is 9. The van der Waals surface area contributed by atoms with Crippen LogP contribution in [0.4, 0.5) is 0 Å². The maximum atomic E-state index is 12.5. The minimum Gasteiger partial charge on any atom is -0.458 e. The van der Waals surface area contributed by atoms with Crippen molar-refractivity contribution in [2.75, 3.05) is 6.61 Å². The van der Waals surface area contributed by atoms with E-state index in [-0.39, 0.29) is 38.9 Å². The van der Waals surface area contributed by atoms with E-state index in [1.54, 1.807) is 11.8 Å². The molecular formula is C20H24O9S2. The second-order valence-corrected chi connectivity index (χ2v) is 10.8. The molecular weight excluding hydrogens is 448 g/mol. The molecule has 9 nitrogen and oxygen atoms in total. The van der Waals surface area contributed by atoms with Gasteiger partial charge in [0.05, 0.1) is 21.7 Å². The quantitative estimate of drug-likeness (QED) is 0.325. The summed E-state index contributed by atoms with van der Waals surface area (Å²) in [6.45, 7) is 3.38. The second kappa shape index (κ2) is 8.04. The molecule has 3 aliphatic heterocycles. The Labute approximate surface area is 184 Å². The summed E-state index contributed by atoms with van der Waals surface area (Å²) >= 11 is 1.58. The van der Waals surface area contributed by atoms with Gasteiger partial charge in [-0.25, -0.2) is 4.79 Å². The van der Waals surface area contributed by atoms with Crippen LogP contribution in [0.5, 0.6) is 5.75 Å². The van der Waals surface area contributed by atoms with Crippen molar-refractivity contribution in [3.63, 3.8) is 0 Å². The average Bonchev–Trinajstić information content (AvgIpc) is 3.34. The Hall–Kier alpha value is -1.66. The van der Waals surface area contributed by atoms with E-state index in [0.717, 1.165) is 12.1 Å². The number of benzene rings is 1. The van der Waals surface area contributed by atoms with Crippen LogP contribution in [0.1, 0.15) is 26.7 Å². The number of hydrogen-bond donors (Lipinski definition) is 2. The standard InChI is InChI=1S/C20H24O9S2/c1-3-20(23,4-2)14-13-17-16(29-19(13)22)15(18(14)30-17)27-9-12(21)28-10-5-7-11(8-6-10)31(24,25)26/h5-8,13-18,23H,3-4,9H2,1-2H3,(H,24,25,26). The number of aliphatic hydroxyl groups is 1. The number of rotatable bonds is 8. The van der Waals surface area contributed by atoms with Gasteiger partial charge in [0.2, 0.25) is 0 Å². The number of carbonyl (C=O) groups is 2. The number of carbonyl (C=O) groups excluding carboxylic acids is 2. The van der Waals surface area contributed by atoms with Crippen LogP contribution in [-0.2, 0) is 29.2 Å². The zero-order chi connectivity index (χ0) is 22.6. The first kappa shape index (κ1) is 22.5. The Balaban J connectivity index is 1.42. The molecule has 6 unspecified atom stereocenters. The average molecular weight is 473 g/mol. The van der Waals surface area contributed by atoms with Gasteiger partial charge in [-0.1, -0.05) is 13.8 Å². The molecule has 2 bridgehead atoms. The molecule has 0 aromatic heterocycles. The lowest BCUT2D eigenvalue weighted by molar-refractivity contribution is -0.150. The molecule has 170 valence electrons. The van der Waals surface area contributed by atoms with E-state index in [1.807, 2.05) is 13.8 Å². The predicted molar refractivity (Wildman–Crippen MR) is 109 cm³/mol. The van der Waals surface area contributed by atoms with E-state index < -0.39 is 40.5 Å². The summed E-state index contributed by atoms with van der Waals surface area (Å²) < 4.78 is 47.7. The van der Waals surface area contributed by atoms with E-state index in [1.165, 1.54) is 12.1 Å². The fraction of sp³-hybridized carbons (Fsp3) is 0.600. The van der Waals surface area contributed by atoms with Crippen LogP contribution >= 0.6 is 11.8 Å². The Morgan fingerprint density at radius 3 is 2.42 bits per heavy atom. The molecule has 0 aliphatic carbocycles. The summed E-state index contributed by atoms with van der Waals surface area (Å²) in [5, 5.41) is 10.9. The third-order valence-corrected chi connectivity index (χ3v) is 9.12. The van der Waals surface area contributed by atoms with Gasteiger partial charge in [0.25, 0.3) is 10.1 Å². The zero-order valence-electron chi connectivity index (χ0n) is 17.0. The van der Waals surface area contributed by atoms with Crippen molar-refractivity contribution in [2.45, 2.75) is 59.9 Å². The fourth-order valence-electron chi connectivity index (χ4n) is 4.88. The highest BCUT2D eigenvalue weighted by Crippen LogP contribution is 2.62. The first-order chi connectivity index (χ1) is 14.6. The van der Waals surface area contributed by atoms with E-state index in [9.17, 15) is 23.1 Å². The van der Waals surface area contributed by atoms with Crippen LogP contribution < -0.4 is 4.74 Å². The van der Waals surface area contributed by atoms with Gasteiger partial charge in [-0.05, 0) is 37.1 Å². The number of ether oxygens (including phenoxy) is 3. The molecule has 0 radical (unpaired) electrons. The van der Waals surface area contributed by atoms with Gasteiger partial charge in [-0.3, -0.25) is 9.35 Å². The molecule has 4 rings (SSSR count). The lowest BCUT2D eigenvalue weighted by Crippen LogP contribution is -2.53. The van der Waals surface area contributed by atoms with Gasteiger partial charge < -0.3 is 19.3 Å². The molecule has 0 saturated carbocycles. The Kier molecular flexibility index (Phi) is 5.84. The van der Waals surface area contributed by atoms with Crippen LogP contribution in [0.25, 0.3) is 0 Å². The molecule has 1 aromatic rings. The van der Waals surface area contributed by atoms with Crippen LogP contribution in [0.15, 0.2) is 29.2 Å². The van der Waals surface area contributed by atoms with Gasteiger partial charge >= 0.3 is 11.9 Å². The molecule has 3 saturated heterocycles. The SMILES string of the molecule is CCC(O)(CC)C1C2SC3C(OC(=O)C31)C2OCC(=O)Oc1ccc(S(=O)(=O)O)cc1. The molecule has 11 heteroatoms. The molecule has 0 amide bonds. The van der Waals surface area contributed by atoms with Crippen LogP contribution in [0.2, 0.25) is 0 Å². The molecule has 0 spiro atoms. The molecule has 31 heavy (non-hydrogen) atoms. The van der Waals surface area contributed by atoms with Crippen LogP contribution in [0.3, 0.4) is 0 Å². The van der Waals surface area contributed by atoms with Crippen molar-refractivity contribution in [3.8, 4) is 5.75 Å². The van der Waals surface area contributed by atoms with Gasteiger partial charge in [-0.15, -0.1) is 11.8 Å². The highest BCUT2D eigenvalue weighted by atomic mass is 32.2. The highest BCUT2D eigenvalue weighted by molar-refractivity contribution is 8.01. The van der Waals surface area contributed by atoms with E-state index in [0.29, 0.717) is 12.8 Å². The maximum absolute atomic E-state index is 12.5. The number of esters is 2. The van der Waals surface area contributed by atoms with E-state index >= 15 is 0 Å². The Morgan fingerprint density at radius 2 is 1.84 bits per heavy atom. The molecule has 3 aliphatic rings. The topological polar surface area (TPSA) is 136 Å². The van der Waals surface area contributed by atoms with Gasteiger partial charge in [0, 0.05) is 11.2 Å². The fourth-order valence-corrected chi connectivity index (χ4v) is 7.52. The van der Waals surface area contributed by atoms with Crippen molar-refractivity contribution in [1.29, 1.82) is 0 Å². The summed E-state index contributed by atoms with van der Waals surface area (Å²) in [6, 6.07) is 4.72. The Morgan fingerprint density at radius 1 is 1.19 bits per heavy atom. The molecule has 6 atom stereocenters. The van der Waals surface area contributed by atoms with Crippen molar-refractivity contribution in [3.05, 3.63) is 24.3 Å². The van der Waals surface area contributed by atoms with E-state index in [2.05, 4.69) is 0 Å². The molecule has 1 aromatic carbocycles. The minimum absolute atomic E-state index is 0.0962. The molecule has 3 heterocycles. The lowest BCUT2D eigenvalue weighted by atomic mass is 9.67. The van der Waals surface area contributed by atoms with Crippen molar-refractivity contribution >= 4 is 33.8 Å². The predicted octanol–water partition coefficient (Wildman–Crippen LogP) is 1.43.